The molecule has 0 aliphatic carbocycles. The summed E-state index contributed by atoms with van der Waals surface area (Å²) in [7, 11) is 3.96. The Balaban J connectivity index is 1.71. The highest BCUT2D eigenvalue weighted by Gasteiger charge is 2.28. The third kappa shape index (κ3) is 5.17. The van der Waals surface area contributed by atoms with Crippen molar-refractivity contribution < 1.29 is 18.4 Å². The molecule has 3 heterocycles. The van der Waals surface area contributed by atoms with Crippen LogP contribution in [0.3, 0.4) is 0 Å². The second-order valence-corrected chi connectivity index (χ2v) is 8.88. The monoisotopic (exact) mass is 458 g/mol. The Bertz CT molecular complexity index is 1010. The molecule has 1 fully saturated rings. The van der Waals surface area contributed by atoms with Gasteiger partial charge in [0.1, 0.15) is 11.5 Å². The van der Waals surface area contributed by atoms with Gasteiger partial charge in [-0.2, -0.15) is 0 Å². The molecule has 1 aliphatic rings. The molecular formula is C23H27FN4O3S. The van der Waals surface area contributed by atoms with Crippen molar-refractivity contribution in [3.63, 3.8) is 0 Å². The van der Waals surface area contributed by atoms with Crippen LogP contribution in [0.25, 0.3) is 11.3 Å². The van der Waals surface area contributed by atoms with Crippen molar-refractivity contribution in [1.82, 2.24) is 15.0 Å². The molecule has 2 aromatic heterocycles. The summed E-state index contributed by atoms with van der Waals surface area (Å²) >= 11 is 1.43. The zero-order valence-electron chi connectivity index (χ0n) is 18.3. The number of nitrogens with zero attached hydrogens (tertiary/aromatic N) is 4. The SMILES string of the molecule is CN(C)CCN(Cc1c(-c2ccc(F)cc2)noc1N1CCOCC1)C(=O)c1cccs1. The minimum absolute atomic E-state index is 0.0268. The normalized spacial score (nSPS) is 14.2. The predicted octanol–water partition coefficient (Wildman–Crippen LogP) is 3.58. The quantitative estimate of drug-likeness (QED) is 0.514. The van der Waals surface area contributed by atoms with E-state index < -0.39 is 0 Å². The summed E-state index contributed by atoms with van der Waals surface area (Å²) in [5, 5.41) is 6.24. The lowest BCUT2D eigenvalue weighted by Gasteiger charge is -2.28. The fraction of sp³-hybridized carbons (Fsp3) is 0.391. The summed E-state index contributed by atoms with van der Waals surface area (Å²) in [6.45, 7) is 4.19. The van der Waals surface area contributed by atoms with Crippen LogP contribution in [0.4, 0.5) is 10.3 Å². The Morgan fingerprint density at radius 2 is 1.91 bits per heavy atom. The van der Waals surface area contributed by atoms with Gasteiger partial charge in [-0.15, -0.1) is 11.3 Å². The van der Waals surface area contributed by atoms with Gasteiger partial charge in [-0.1, -0.05) is 11.2 Å². The van der Waals surface area contributed by atoms with E-state index >= 15 is 0 Å². The molecular weight excluding hydrogens is 431 g/mol. The lowest BCUT2D eigenvalue weighted by atomic mass is 10.1. The number of carbonyl (C=O) groups is 1. The average Bonchev–Trinajstić information content (AvgIpc) is 3.48. The molecule has 3 aromatic rings. The van der Waals surface area contributed by atoms with Gasteiger partial charge in [-0.25, -0.2) is 4.39 Å². The standard InChI is InChI=1S/C23H27FN4O3S/c1-26(2)9-10-28(22(29)20-4-3-15-32-20)16-19-21(17-5-7-18(24)8-6-17)25-31-23(19)27-11-13-30-14-12-27/h3-8,15H,9-14,16H2,1-2H3. The first-order chi connectivity index (χ1) is 15.5. The molecule has 170 valence electrons. The number of thiophene rings is 1. The summed E-state index contributed by atoms with van der Waals surface area (Å²) < 4.78 is 24.8. The van der Waals surface area contributed by atoms with E-state index in [1.165, 1.54) is 23.5 Å². The molecule has 0 atom stereocenters. The van der Waals surface area contributed by atoms with Crippen LogP contribution in [-0.4, -0.2) is 74.4 Å². The molecule has 1 amide bonds. The second kappa shape index (κ2) is 10.2. The highest BCUT2D eigenvalue weighted by molar-refractivity contribution is 7.12. The highest BCUT2D eigenvalue weighted by atomic mass is 32.1. The first-order valence-electron chi connectivity index (χ1n) is 10.6. The number of hydrogen-bond donors (Lipinski definition) is 0. The van der Waals surface area contributed by atoms with Crippen molar-refractivity contribution in [2.45, 2.75) is 6.54 Å². The number of anilines is 1. The Hall–Kier alpha value is -2.75. The van der Waals surface area contributed by atoms with Gasteiger partial charge in [0, 0.05) is 31.7 Å². The minimum Gasteiger partial charge on any atom is -0.378 e. The molecule has 0 radical (unpaired) electrons. The van der Waals surface area contributed by atoms with E-state index in [0.717, 1.165) is 17.7 Å². The smallest absolute Gasteiger partial charge is 0.264 e. The molecule has 0 saturated carbocycles. The molecule has 32 heavy (non-hydrogen) atoms. The Morgan fingerprint density at radius 3 is 2.56 bits per heavy atom. The highest BCUT2D eigenvalue weighted by Crippen LogP contribution is 2.33. The Morgan fingerprint density at radius 1 is 1.16 bits per heavy atom. The summed E-state index contributed by atoms with van der Waals surface area (Å²) in [5.74, 6) is 0.301. The maximum atomic E-state index is 13.5. The molecule has 0 unspecified atom stereocenters. The first-order valence-corrected chi connectivity index (χ1v) is 11.5. The number of hydrogen-bond acceptors (Lipinski definition) is 7. The van der Waals surface area contributed by atoms with Crippen molar-refractivity contribution in [2.24, 2.45) is 0 Å². The van der Waals surface area contributed by atoms with Gasteiger partial charge in [0.15, 0.2) is 0 Å². The van der Waals surface area contributed by atoms with Crippen LogP contribution in [-0.2, 0) is 11.3 Å². The van der Waals surface area contributed by atoms with Gasteiger partial charge in [-0.3, -0.25) is 4.79 Å². The number of ether oxygens (including phenoxy) is 1. The van der Waals surface area contributed by atoms with E-state index in [4.69, 9.17) is 9.26 Å². The van der Waals surface area contributed by atoms with Crippen molar-refractivity contribution >= 4 is 23.1 Å². The fourth-order valence-electron chi connectivity index (χ4n) is 3.61. The number of aromatic nitrogens is 1. The van der Waals surface area contributed by atoms with Crippen molar-refractivity contribution in [3.8, 4) is 11.3 Å². The molecule has 0 N–H and O–H groups in total. The van der Waals surface area contributed by atoms with Crippen LogP contribution in [0.15, 0.2) is 46.3 Å². The molecule has 4 rings (SSSR count). The van der Waals surface area contributed by atoms with Crippen molar-refractivity contribution in [2.75, 3.05) is 58.4 Å². The van der Waals surface area contributed by atoms with Crippen LogP contribution in [0, 0.1) is 5.82 Å². The first kappa shape index (κ1) is 22.4. The van der Waals surface area contributed by atoms with Crippen molar-refractivity contribution in [1.29, 1.82) is 0 Å². The van der Waals surface area contributed by atoms with Gasteiger partial charge in [0.05, 0.1) is 30.2 Å². The molecule has 7 nitrogen and oxygen atoms in total. The molecule has 1 aromatic carbocycles. The van der Waals surface area contributed by atoms with Gasteiger partial charge in [0.2, 0.25) is 5.88 Å². The van der Waals surface area contributed by atoms with E-state index in [0.29, 0.717) is 55.8 Å². The number of carbonyl (C=O) groups excluding carboxylic acids is 1. The van der Waals surface area contributed by atoms with E-state index in [9.17, 15) is 9.18 Å². The fourth-order valence-corrected chi connectivity index (χ4v) is 4.30. The summed E-state index contributed by atoms with van der Waals surface area (Å²) in [6, 6.07) is 9.90. The van der Waals surface area contributed by atoms with Gasteiger partial charge < -0.3 is 24.0 Å². The van der Waals surface area contributed by atoms with E-state index in [2.05, 4.69) is 10.1 Å². The summed E-state index contributed by atoms with van der Waals surface area (Å²) in [4.78, 5) is 20.0. The Labute approximate surface area is 191 Å². The van der Waals surface area contributed by atoms with Crippen LogP contribution in [0.5, 0.6) is 0 Å². The molecule has 1 saturated heterocycles. The molecule has 9 heteroatoms. The largest absolute Gasteiger partial charge is 0.378 e. The van der Waals surface area contributed by atoms with Crippen LogP contribution >= 0.6 is 11.3 Å². The maximum Gasteiger partial charge on any atom is 0.264 e. The zero-order chi connectivity index (χ0) is 22.5. The topological polar surface area (TPSA) is 62.1 Å². The molecule has 0 spiro atoms. The molecule has 0 bridgehead atoms. The number of amides is 1. The van der Waals surface area contributed by atoms with E-state index in [1.54, 1.807) is 12.1 Å². The third-order valence-electron chi connectivity index (χ3n) is 5.37. The van der Waals surface area contributed by atoms with Crippen LogP contribution < -0.4 is 4.90 Å². The lowest BCUT2D eigenvalue weighted by molar-refractivity contribution is 0.0736. The number of halogens is 1. The predicted molar refractivity (Wildman–Crippen MR) is 123 cm³/mol. The summed E-state index contributed by atoms with van der Waals surface area (Å²) in [5.41, 5.74) is 2.20. The minimum atomic E-state index is -0.312. The number of benzene rings is 1. The van der Waals surface area contributed by atoms with Crippen LogP contribution in [0.2, 0.25) is 0 Å². The Kier molecular flexibility index (Phi) is 7.19. The second-order valence-electron chi connectivity index (χ2n) is 7.93. The third-order valence-corrected chi connectivity index (χ3v) is 6.23. The lowest BCUT2D eigenvalue weighted by Crippen LogP contribution is -2.38. The van der Waals surface area contributed by atoms with Gasteiger partial charge >= 0.3 is 0 Å². The average molecular weight is 459 g/mol. The van der Waals surface area contributed by atoms with Gasteiger partial charge in [0.25, 0.3) is 5.91 Å². The van der Waals surface area contributed by atoms with E-state index in [1.807, 2.05) is 41.4 Å². The van der Waals surface area contributed by atoms with Crippen LogP contribution in [0.1, 0.15) is 15.2 Å². The van der Waals surface area contributed by atoms with Crippen molar-refractivity contribution in [3.05, 3.63) is 58.0 Å². The molecule has 1 aliphatic heterocycles. The maximum absolute atomic E-state index is 13.5. The summed E-state index contributed by atoms with van der Waals surface area (Å²) in [6.07, 6.45) is 0. The number of morpholine rings is 1. The number of likely N-dealkylation sites (N-methyl/N-ethyl adjacent to an activating group) is 1. The number of rotatable bonds is 8. The van der Waals surface area contributed by atoms with Gasteiger partial charge in [-0.05, 0) is 49.8 Å². The zero-order valence-corrected chi connectivity index (χ0v) is 19.1. The van der Waals surface area contributed by atoms with E-state index in [-0.39, 0.29) is 11.7 Å².